The lowest BCUT2D eigenvalue weighted by Gasteiger charge is -2.16. The van der Waals surface area contributed by atoms with Crippen LogP contribution in [-0.2, 0) is 6.42 Å². The van der Waals surface area contributed by atoms with E-state index in [2.05, 4.69) is 20.3 Å². The van der Waals surface area contributed by atoms with Crippen LogP contribution in [0.5, 0.6) is 5.75 Å². The van der Waals surface area contributed by atoms with Gasteiger partial charge in [0.25, 0.3) is 5.91 Å². The first-order valence-electron chi connectivity index (χ1n) is 8.91. The number of hydrogen-bond donors (Lipinski definition) is 1. The number of ether oxygens (including phenoxy) is 1. The number of carbonyl (C=O) groups is 1. The van der Waals surface area contributed by atoms with Crippen molar-refractivity contribution in [3.63, 3.8) is 0 Å². The van der Waals surface area contributed by atoms with Crippen molar-refractivity contribution in [1.29, 1.82) is 0 Å². The second kappa shape index (κ2) is 7.22. The van der Waals surface area contributed by atoms with Gasteiger partial charge in [0.2, 0.25) is 5.89 Å². The van der Waals surface area contributed by atoms with Gasteiger partial charge in [-0.1, -0.05) is 17.3 Å². The molecule has 0 aliphatic heterocycles. The van der Waals surface area contributed by atoms with Crippen LogP contribution < -0.4 is 4.74 Å². The number of nitrogens with one attached hydrogen (secondary N) is 1. The van der Waals surface area contributed by atoms with Crippen molar-refractivity contribution in [2.75, 3.05) is 20.7 Å². The zero-order valence-electron chi connectivity index (χ0n) is 15.3. The molecule has 3 aromatic rings. The van der Waals surface area contributed by atoms with Crippen molar-refractivity contribution in [1.82, 2.24) is 25.2 Å². The normalized spacial score (nSPS) is 13.6. The molecule has 0 atom stereocenters. The first-order valence-corrected chi connectivity index (χ1v) is 8.91. The van der Waals surface area contributed by atoms with Gasteiger partial charge in [-0.2, -0.15) is 10.1 Å². The molecule has 1 aliphatic carbocycles. The lowest BCUT2D eigenvalue weighted by atomic mass is 10.1. The minimum Gasteiger partial charge on any atom is -0.497 e. The third-order valence-corrected chi connectivity index (χ3v) is 4.66. The van der Waals surface area contributed by atoms with Crippen LogP contribution in [0.25, 0.3) is 11.3 Å². The van der Waals surface area contributed by atoms with Gasteiger partial charge in [-0.25, -0.2) is 0 Å². The zero-order chi connectivity index (χ0) is 18.8. The number of rotatable bonds is 7. The quantitative estimate of drug-likeness (QED) is 0.689. The monoisotopic (exact) mass is 367 g/mol. The molecule has 1 aromatic carbocycles. The lowest BCUT2D eigenvalue weighted by molar-refractivity contribution is 0.0796. The predicted molar refractivity (Wildman–Crippen MR) is 97.5 cm³/mol. The number of hydrogen-bond acceptors (Lipinski definition) is 6. The Kier molecular flexibility index (Phi) is 4.62. The van der Waals surface area contributed by atoms with E-state index in [1.165, 1.54) is 0 Å². The van der Waals surface area contributed by atoms with E-state index >= 15 is 0 Å². The number of amides is 1. The van der Waals surface area contributed by atoms with Crippen LogP contribution >= 0.6 is 0 Å². The highest BCUT2D eigenvalue weighted by molar-refractivity contribution is 5.99. The highest BCUT2D eigenvalue weighted by Crippen LogP contribution is 2.38. The van der Waals surface area contributed by atoms with Crippen molar-refractivity contribution < 1.29 is 14.1 Å². The molecule has 0 spiro atoms. The first kappa shape index (κ1) is 17.3. The molecule has 0 unspecified atom stereocenters. The third-order valence-electron chi connectivity index (χ3n) is 4.66. The van der Waals surface area contributed by atoms with Gasteiger partial charge in [0.05, 0.1) is 24.6 Å². The molecule has 0 bridgehead atoms. The van der Waals surface area contributed by atoms with E-state index in [4.69, 9.17) is 9.26 Å². The molecule has 1 N–H and O–H groups in total. The van der Waals surface area contributed by atoms with Crippen LogP contribution in [0.1, 0.15) is 40.8 Å². The molecular weight excluding hydrogens is 346 g/mol. The molecule has 1 aliphatic rings. The van der Waals surface area contributed by atoms with Crippen LogP contribution in [0.4, 0.5) is 0 Å². The summed E-state index contributed by atoms with van der Waals surface area (Å²) in [7, 11) is 3.37. The fourth-order valence-corrected chi connectivity index (χ4v) is 2.89. The Morgan fingerprint density at radius 3 is 3.04 bits per heavy atom. The van der Waals surface area contributed by atoms with Crippen LogP contribution in [0, 0.1) is 0 Å². The van der Waals surface area contributed by atoms with Crippen molar-refractivity contribution in [3.8, 4) is 17.0 Å². The molecule has 4 rings (SSSR count). The Hall–Kier alpha value is -3.16. The van der Waals surface area contributed by atoms with E-state index in [-0.39, 0.29) is 5.91 Å². The number of methoxy groups -OCH3 is 1. The van der Waals surface area contributed by atoms with Crippen LogP contribution in [0.3, 0.4) is 0 Å². The Morgan fingerprint density at radius 2 is 2.26 bits per heavy atom. The van der Waals surface area contributed by atoms with Crippen LogP contribution in [0.15, 0.2) is 35.0 Å². The number of likely N-dealkylation sites (N-methyl/N-ethyl adjacent to an activating group) is 1. The zero-order valence-corrected chi connectivity index (χ0v) is 15.3. The third kappa shape index (κ3) is 3.69. The van der Waals surface area contributed by atoms with Crippen molar-refractivity contribution in [2.45, 2.75) is 25.2 Å². The summed E-state index contributed by atoms with van der Waals surface area (Å²) in [5.74, 6) is 2.39. The molecule has 0 radical (unpaired) electrons. The van der Waals surface area contributed by atoms with Gasteiger partial charge in [0.15, 0.2) is 5.82 Å². The molecule has 1 saturated carbocycles. The highest BCUT2D eigenvalue weighted by Gasteiger charge is 2.29. The molecule has 8 heteroatoms. The molecule has 1 amide bonds. The smallest absolute Gasteiger partial charge is 0.257 e. The average molecular weight is 367 g/mol. The Bertz CT molecular complexity index is 944. The minimum atomic E-state index is -0.118. The standard InChI is InChI=1S/C19H21N5O3/c1-24(9-8-16-21-18(27-23-16)12-6-7-12)19(25)15-11-20-22-17(15)13-4-3-5-14(10-13)26-2/h3-5,10-12H,6-9H2,1-2H3,(H,20,22). The van der Waals surface area contributed by atoms with Crippen LogP contribution in [-0.4, -0.2) is 51.8 Å². The number of benzene rings is 1. The van der Waals surface area contributed by atoms with Crippen molar-refractivity contribution >= 4 is 5.91 Å². The van der Waals surface area contributed by atoms with Gasteiger partial charge in [-0.3, -0.25) is 9.89 Å². The topological polar surface area (TPSA) is 97.1 Å². The fraction of sp³-hybridized carbons (Fsp3) is 0.368. The Labute approximate surface area is 156 Å². The molecule has 140 valence electrons. The van der Waals surface area contributed by atoms with Gasteiger partial charge >= 0.3 is 0 Å². The molecule has 2 heterocycles. The highest BCUT2D eigenvalue weighted by atomic mass is 16.5. The summed E-state index contributed by atoms with van der Waals surface area (Å²) in [4.78, 5) is 18.9. The van der Waals surface area contributed by atoms with Gasteiger partial charge < -0.3 is 14.2 Å². The molecular formula is C19H21N5O3. The van der Waals surface area contributed by atoms with Gasteiger partial charge in [0, 0.05) is 31.5 Å². The second-order valence-corrected chi connectivity index (χ2v) is 6.69. The molecule has 2 aromatic heterocycles. The van der Waals surface area contributed by atoms with Crippen molar-refractivity contribution in [2.24, 2.45) is 0 Å². The molecule has 8 nitrogen and oxygen atoms in total. The SMILES string of the molecule is COc1cccc(-c2[nH]ncc2C(=O)N(C)CCc2noc(C3CC3)n2)c1. The number of aromatic amines is 1. The summed E-state index contributed by atoms with van der Waals surface area (Å²) in [5.41, 5.74) is 2.02. The fourth-order valence-electron chi connectivity index (χ4n) is 2.89. The van der Waals surface area contributed by atoms with Gasteiger partial charge in [-0.05, 0) is 25.0 Å². The number of carbonyl (C=O) groups excluding carboxylic acids is 1. The molecule has 27 heavy (non-hydrogen) atoms. The number of H-pyrrole nitrogens is 1. The predicted octanol–water partition coefficient (Wildman–Crippen LogP) is 2.66. The number of nitrogens with zero attached hydrogens (tertiary/aromatic N) is 4. The summed E-state index contributed by atoms with van der Waals surface area (Å²) < 4.78 is 10.5. The maximum atomic E-state index is 12.9. The van der Waals surface area contributed by atoms with E-state index < -0.39 is 0 Å². The summed E-state index contributed by atoms with van der Waals surface area (Å²) in [6, 6.07) is 7.50. The van der Waals surface area contributed by atoms with E-state index in [1.807, 2.05) is 24.3 Å². The summed E-state index contributed by atoms with van der Waals surface area (Å²) in [5, 5.41) is 11.0. The van der Waals surface area contributed by atoms with Gasteiger partial charge in [-0.15, -0.1) is 0 Å². The average Bonchev–Trinajstić information content (AvgIpc) is 3.24. The summed E-state index contributed by atoms with van der Waals surface area (Å²) in [6.45, 7) is 0.491. The Morgan fingerprint density at radius 1 is 1.41 bits per heavy atom. The number of aromatic nitrogens is 4. The van der Waals surface area contributed by atoms with E-state index in [0.29, 0.717) is 41.9 Å². The van der Waals surface area contributed by atoms with E-state index in [9.17, 15) is 4.79 Å². The van der Waals surface area contributed by atoms with E-state index in [0.717, 1.165) is 24.2 Å². The minimum absolute atomic E-state index is 0.118. The first-order chi connectivity index (χ1) is 13.2. The maximum Gasteiger partial charge on any atom is 0.257 e. The van der Waals surface area contributed by atoms with Crippen LogP contribution in [0.2, 0.25) is 0 Å². The molecule has 0 saturated heterocycles. The lowest BCUT2D eigenvalue weighted by Crippen LogP contribution is -2.29. The maximum absolute atomic E-state index is 12.9. The van der Waals surface area contributed by atoms with Crippen molar-refractivity contribution in [3.05, 3.63) is 47.7 Å². The Balaban J connectivity index is 1.44. The summed E-state index contributed by atoms with van der Waals surface area (Å²) >= 11 is 0. The van der Waals surface area contributed by atoms with Gasteiger partial charge in [0.1, 0.15) is 5.75 Å². The molecule has 1 fully saturated rings. The second-order valence-electron chi connectivity index (χ2n) is 6.69. The largest absolute Gasteiger partial charge is 0.497 e. The summed E-state index contributed by atoms with van der Waals surface area (Å²) in [6.07, 6.45) is 4.33. The van der Waals surface area contributed by atoms with E-state index in [1.54, 1.807) is 25.3 Å².